The van der Waals surface area contributed by atoms with E-state index in [1.54, 1.807) is 44.2 Å². The Morgan fingerprint density at radius 2 is 1.84 bits per heavy atom. The summed E-state index contributed by atoms with van der Waals surface area (Å²) < 4.78 is 13.3. The Hall–Kier alpha value is -3.28. The van der Waals surface area contributed by atoms with Crippen molar-refractivity contribution in [2.24, 2.45) is 5.73 Å². The molecule has 0 atom stereocenters. The Bertz CT molecular complexity index is 1010. The second-order valence-electron chi connectivity index (χ2n) is 5.75. The lowest BCUT2D eigenvalue weighted by Gasteiger charge is -2.12. The van der Waals surface area contributed by atoms with Crippen molar-refractivity contribution >= 4 is 28.4 Å². The zero-order chi connectivity index (χ0) is 18.1. The molecule has 0 unspecified atom stereocenters. The van der Waals surface area contributed by atoms with Crippen LogP contribution in [0.4, 0.5) is 10.1 Å². The fourth-order valence-corrected chi connectivity index (χ4v) is 2.69. The highest BCUT2D eigenvalue weighted by Gasteiger charge is 2.15. The molecule has 0 aliphatic heterocycles. The van der Waals surface area contributed by atoms with Gasteiger partial charge in [-0.25, -0.2) is 4.39 Å². The van der Waals surface area contributed by atoms with Gasteiger partial charge in [-0.05, 0) is 49.7 Å². The van der Waals surface area contributed by atoms with Crippen molar-refractivity contribution in [1.29, 1.82) is 0 Å². The first-order chi connectivity index (χ1) is 11.9. The van der Waals surface area contributed by atoms with Gasteiger partial charge in [-0.2, -0.15) is 0 Å². The summed E-state index contributed by atoms with van der Waals surface area (Å²) in [4.78, 5) is 28.4. The van der Waals surface area contributed by atoms with E-state index in [1.807, 2.05) is 0 Å². The van der Waals surface area contributed by atoms with Gasteiger partial charge in [-0.1, -0.05) is 6.07 Å². The van der Waals surface area contributed by atoms with E-state index in [4.69, 9.17) is 5.73 Å². The van der Waals surface area contributed by atoms with Crippen LogP contribution in [0, 0.1) is 19.7 Å². The lowest BCUT2D eigenvalue weighted by Crippen LogP contribution is -2.17. The van der Waals surface area contributed by atoms with Crippen LogP contribution >= 0.6 is 0 Å². The zero-order valence-electron chi connectivity index (χ0n) is 13.8. The number of hydrogen-bond donors (Lipinski definition) is 2. The van der Waals surface area contributed by atoms with Crippen LogP contribution < -0.4 is 11.1 Å². The van der Waals surface area contributed by atoms with Crippen molar-refractivity contribution in [3.63, 3.8) is 0 Å². The lowest BCUT2D eigenvalue weighted by molar-refractivity contribution is 0.0995. The molecule has 0 spiro atoms. The van der Waals surface area contributed by atoms with Gasteiger partial charge in [-0.3, -0.25) is 14.6 Å². The number of nitrogens with zero attached hydrogens (tertiary/aromatic N) is 1. The van der Waals surface area contributed by atoms with Gasteiger partial charge in [0.15, 0.2) is 0 Å². The standard InChI is InChI=1S/C19H16FN3O2/c1-10-14(18(21)24)4-3-5-16(10)23-19(25)15-8-12-6-7-13(20)9-17(12)22-11(15)2/h3-9H,1-2H3,(H2,21,24)(H,23,25). The maximum atomic E-state index is 13.3. The maximum Gasteiger partial charge on any atom is 0.257 e. The minimum Gasteiger partial charge on any atom is -0.366 e. The SMILES string of the molecule is Cc1nc2cc(F)ccc2cc1C(=O)Nc1cccc(C(N)=O)c1C. The molecule has 0 saturated heterocycles. The number of nitrogens with two attached hydrogens (primary N) is 1. The molecule has 0 fully saturated rings. The molecule has 3 N–H and O–H groups in total. The van der Waals surface area contributed by atoms with Crippen LogP contribution in [0.25, 0.3) is 10.9 Å². The van der Waals surface area contributed by atoms with Crippen molar-refractivity contribution in [3.05, 3.63) is 70.7 Å². The van der Waals surface area contributed by atoms with Crippen molar-refractivity contribution in [2.75, 3.05) is 5.32 Å². The van der Waals surface area contributed by atoms with Crippen LogP contribution in [0.3, 0.4) is 0 Å². The summed E-state index contributed by atoms with van der Waals surface area (Å²) in [6.07, 6.45) is 0. The molecule has 6 heteroatoms. The number of benzene rings is 2. The number of carbonyl (C=O) groups excluding carboxylic acids is 2. The molecule has 0 aliphatic rings. The quantitative estimate of drug-likeness (QED) is 0.768. The maximum absolute atomic E-state index is 13.3. The molecule has 0 radical (unpaired) electrons. The predicted octanol–water partition coefficient (Wildman–Crippen LogP) is 3.34. The molecule has 0 saturated carbocycles. The van der Waals surface area contributed by atoms with Gasteiger partial charge in [0.05, 0.1) is 16.8 Å². The van der Waals surface area contributed by atoms with Gasteiger partial charge < -0.3 is 11.1 Å². The third kappa shape index (κ3) is 3.19. The average molecular weight is 337 g/mol. The Labute approximate surface area is 143 Å². The zero-order valence-corrected chi connectivity index (χ0v) is 13.8. The molecule has 3 rings (SSSR count). The number of fused-ring (bicyclic) bond motifs is 1. The molecule has 2 aromatic carbocycles. The third-order valence-electron chi connectivity index (χ3n) is 4.06. The van der Waals surface area contributed by atoms with Crippen molar-refractivity contribution in [3.8, 4) is 0 Å². The summed E-state index contributed by atoms with van der Waals surface area (Å²) in [6, 6.07) is 10.8. The minimum atomic E-state index is -0.556. The van der Waals surface area contributed by atoms with Gasteiger partial charge in [0.1, 0.15) is 5.82 Å². The van der Waals surface area contributed by atoms with E-state index in [0.717, 1.165) is 0 Å². The van der Waals surface area contributed by atoms with E-state index in [2.05, 4.69) is 10.3 Å². The van der Waals surface area contributed by atoms with Crippen LogP contribution in [0.15, 0.2) is 42.5 Å². The number of halogens is 1. The Kier molecular flexibility index (Phi) is 4.19. The van der Waals surface area contributed by atoms with Crippen LogP contribution in [-0.2, 0) is 0 Å². The Morgan fingerprint density at radius 1 is 1.08 bits per heavy atom. The molecule has 3 aromatic rings. The van der Waals surface area contributed by atoms with E-state index >= 15 is 0 Å². The number of anilines is 1. The van der Waals surface area contributed by atoms with E-state index in [1.165, 1.54) is 12.1 Å². The average Bonchev–Trinajstić information content (AvgIpc) is 2.55. The van der Waals surface area contributed by atoms with Crippen LogP contribution in [0.5, 0.6) is 0 Å². The number of amides is 2. The number of aryl methyl sites for hydroxylation is 1. The molecule has 1 aromatic heterocycles. The monoisotopic (exact) mass is 337 g/mol. The molecular weight excluding hydrogens is 321 g/mol. The largest absolute Gasteiger partial charge is 0.366 e. The molecule has 0 aliphatic carbocycles. The van der Waals surface area contributed by atoms with Gasteiger partial charge >= 0.3 is 0 Å². The highest BCUT2D eigenvalue weighted by Crippen LogP contribution is 2.22. The highest BCUT2D eigenvalue weighted by atomic mass is 19.1. The topological polar surface area (TPSA) is 85.1 Å². The summed E-state index contributed by atoms with van der Waals surface area (Å²) in [5.74, 6) is -1.30. The number of rotatable bonds is 3. The predicted molar refractivity (Wildman–Crippen MR) is 94.1 cm³/mol. The first-order valence-corrected chi connectivity index (χ1v) is 7.64. The van der Waals surface area contributed by atoms with Crippen LogP contribution in [0.1, 0.15) is 32.0 Å². The second kappa shape index (κ2) is 6.32. The summed E-state index contributed by atoms with van der Waals surface area (Å²) in [5, 5.41) is 3.44. The minimum absolute atomic E-state index is 0.349. The lowest BCUT2D eigenvalue weighted by atomic mass is 10.1. The van der Waals surface area contributed by atoms with Gasteiger partial charge in [-0.15, -0.1) is 0 Å². The van der Waals surface area contributed by atoms with Gasteiger partial charge in [0, 0.05) is 22.7 Å². The van der Waals surface area contributed by atoms with E-state index in [0.29, 0.717) is 39.0 Å². The van der Waals surface area contributed by atoms with E-state index in [-0.39, 0.29) is 11.7 Å². The fraction of sp³-hybridized carbons (Fsp3) is 0.105. The second-order valence-corrected chi connectivity index (χ2v) is 5.75. The summed E-state index contributed by atoms with van der Waals surface area (Å²) in [6.45, 7) is 3.40. The number of carbonyl (C=O) groups is 2. The van der Waals surface area contributed by atoms with Gasteiger partial charge in [0.25, 0.3) is 5.91 Å². The third-order valence-corrected chi connectivity index (χ3v) is 4.06. The van der Waals surface area contributed by atoms with Gasteiger partial charge in [0.2, 0.25) is 5.91 Å². The van der Waals surface area contributed by atoms with E-state index < -0.39 is 5.91 Å². The van der Waals surface area contributed by atoms with E-state index in [9.17, 15) is 14.0 Å². The molecule has 5 nitrogen and oxygen atoms in total. The number of pyridine rings is 1. The van der Waals surface area contributed by atoms with Crippen LogP contribution in [0.2, 0.25) is 0 Å². The first kappa shape index (κ1) is 16.6. The number of nitrogens with one attached hydrogen (secondary N) is 1. The summed E-state index contributed by atoms with van der Waals surface area (Å²) >= 11 is 0. The molecule has 2 amide bonds. The number of aromatic nitrogens is 1. The smallest absolute Gasteiger partial charge is 0.257 e. The number of primary amides is 1. The summed E-state index contributed by atoms with van der Waals surface area (Å²) in [5.41, 5.74) is 8.12. The van der Waals surface area contributed by atoms with Crippen molar-refractivity contribution in [1.82, 2.24) is 4.98 Å². The molecule has 25 heavy (non-hydrogen) atoms. The number of hydrogen-bond acceptors (Lipinski definition) is 3. The molecule has 0 bridgehead atoms. The van der Waals surface area contributed by atoms with Crippen molar-refractivity contribution in [2.45, 2.75) is 13.8 Å². The highest BCUT2D eigenvalue weighted by molar-refractivity contribution is 6.08. The van der Waals surface area contributed by atoms with Crippen LogP contribution in [-0.4, -0.2) is 16.8 Å². The molecule has 126 valence electrons. The fourth-order valence-electron chi connectivity index (χ4n) is 2.69. The molecule has 1 heterocycles. The molecular formula is C19H16FN3O2. The van der Waals surface area contributed by atoms with Crippen molar-refractivity contribution < 1.29 is 14.0 Å². The summed E-state index contributed by atoms with van der Waals surface area (Å²) in [7, 11) is 0. The Balaban J connectivity index is 1.98. The Morgan fingerprint density at radius 3 is 2.56 bits per heavy atom. The first-order valence-electron chi connectivity index (χ1n) is 7.64. The normalized spacial score (nSPS) is 10.7.